The molecule has 0 atom stereocenters. The molecule has 1 heterocycles. The molecule has 17 heavy (non-hydrogen) atoms. The van der Waals surface area contributed by atoms with Gasteiger partial charge in [0.1, 0.15) is 0 Å². The summed E-state index contributed by atoms with van der Waals surface area (Å²) in [6.07, 6.45) is 2.69. The molecule has 5 nitrogen and oxygen atoms in total. The van der Waals surface area contributed by atoms with E-state index >= 15 is 0 Å². The summed E-state index contributed by atoms with van der Waals surface area (Å²) in [6, 6.07) is 0. The van der Waals surface area contributed by atoms with Crippen LogP contribution in [0.1, 0.15) is 31.0 Å². The second-order valence-corrected chi connectivity index (χ2v) is 4.69. The standard InChI is InChI=1S/C11H16N2O3S/c1-3-4-5-8-7(2)12-11(13-10(8)16)17-6-9(14)15/h3-6H2,1-2H3,(H,14,15)(H,12,13,16). The third-order valence-electron chi connectivity index (χ3n) is 2.31. The van der Waals surface area contributed by atoms with Gasteiger partial charge in [-0.05, 0) is 19.8 Å². The Morgan fingerprint density at radius 3 is 2.76 bits per heavy atom. The Balaban J connectivity index is 2.85. The summed E-state index contributed by atoms with van der Waals surface area (Å²) in [4.78, 5) is 29.0. The maximum Gasteiger partial charge on any atom is 0.313 e. The molecule has 0 amide bonds. The zero-order valence-electron chi connectivity index (χ0n) is 9.95. The van der Waals surface area contributed by atoms with Gasteiger partial charge in [-0.1, -0.05) is 25.1 Å². The fourth-order valence-corrected chi connectivity index (χ4v) is 2.06. The molecule has 0 saturated carbocycles. The Bertz CT molecular complexity index is 457. The summed E-state index contributed by atoms with van der Waals surface area (Å²) in [6.45, 7) is 3.85. The van der Waals surface area contributed by atoms with Gasteiger partial charge < -0.3 is 10.1 Å². The molecular formula is C11H16N2O3S. The normalized spacial score (nSPS) is 10.5. The van der Waals surface area contributed by atoms with Crippen molar-refractivity contribution < 1.29 is 9.90 Å². The Kier molecular flexibility index (Phi) is 5.21. The highest BCUT2D eigenvalue weighted by atomic mass is 32.2. The van der Waals surface area contributed by atoms with Gasteiger partial charge >= 0.3 is 5.97 Å². The van der Waals surface area contributed by atoms with Crippen molar-refractivity contribution >= 4 is 17.7 Å². The first-order valence-electron chi connectivity index (χ1n) is 5.49. The zero-order valence-corrected chi connectivity index (χ0v) is 10.8. The van der Waals surface area contributed by atoms with Crippen molar-refractivity contribution in [2.45, 2.75) is 38.3 Å². The van der Waals surface area contributed by atoms with Gasteiger partial charge in [-0.15, -0.1) is 0 Å². The molecule has 94 valence electrons. The molecule has 0 aromatic carbocycles. The van der Waals surface area contributed by atoms with E-state index in [2.05, 4.69) is 16.9 Å². The first kappa shape index (κ1) is 13.8. The lowest BCUT2D eigenvalue weighted by Crippen LogP contribution is -2.17. The molecule has 0 saturated heterocycles. The molecule has 0 fully saturated rings. The number of rotatable bonds is 6. The van der Waals surface area contributed by atoms with Gasteiger partial charge in [0.25, 0.3) is 5.56 Å². The number of unbranched alkanes of at least 4 members (excludes halogenated alkanes) is 1. The van der Waals surface area contributed by atoms with E-state index < -0.39 is 5.97 Å². The number of nitrogens with zero attached hydrogens (tertiary/aromatic N) is 1. The van der Waals surface area contributed by atoms with Crippen LogP contribution in [0.5, 0.6) is 0 Å². The van der Waals surface area contributed by atoms with Crippen LogP contribution in [0.4, 0.5) is 0 Å². The maximum absolute atomic E-state index is 11.8. The number of carboxylic acids is 1. The second-order valence-electron chi connectivity index (χ2n) is 3.72. The third kappa shape index (κ3) is 4.22. The highest BCUT2D eigenvalue weighted by Gasteiger charge is 2.09. The number of carbonyl (C=O) groups is 1. The van der Waals surface area contributed by atoms with E-state index in [0.717, 1.165) is 24.6 Å². The largest absolute Gasteiger partial charge is 0.481 e. The third-order valence-corrected chi connectivity index (χ3v) is 3.17. The summed E-state index contributed by atoms with van der Waals surface area (Å²) in [5.41, 5.74) is 1.24. The molecule has 1 aromatic heterocycles. The molecule has 1 rings (SSSR count). The van der Waals surface area contributed by atoms with E-state index in [9.17, 15) is 9.59 Å². The highest BCUT2D eigenvalue weighted by molar-refractivity contribution is 7.99. The molecular weight excluding hydrogens is 240 g/mol. The average molecular weight is 256 g/mol. The number of nitrogens with one attached hydrogen (secondary N) is 1. The Morgan fingerprint density at radius 2 is 2.24 bits per heavy atom. The van der Waals surface area contributed by atoms with Crippen molar-refractivity contribution in [2.24, 2.45) is 0 Å². The summed E-state index contributed by atoms with van der Waals surface area (Å²) < 4.78 is 0. The van der Waals surface area contributed by atoms with Gasteiger partial charge in [0, 0.05) is 11.3 Å². The predicted octanol–water partition coefficient (Wildman–Crippen LogP) is 1.60. The van der Waals surface area contributed by atoms with E-state index in [0.29, 0.717) is 22.8 Å². The number of aliphatic carboxylic acids is 1. The smallest absolute Gasteiger partial charge is 0.313 e. The summed E-state index contributed by atoms with van der Waals surface area (Å²) in [7, 11) is 0. The lowest BCUT2D eigenvalue weighted by molar-refractivity contribution is -0.133. The average Bonchev–Trinajstić information content (AvgIpc) is 2.25. The lowest BCUT2D eigenvalue weighted by atomic mass is 10.1. The zero-order chi connectivity index (χ0) is 12.8. The monoisotopic (exact) mass is 256 g/mol. The SMILES string of the molecule is CCCCc1c(C)nc(SCC(=O)O)[nH]c1=O. The second kappa shape index (κ2) is 6.44. The van der Waals surface area contributed by atoms with Gasteiger partial charge in [-0.3, -0.25) is 9.59 Å². The number of thioether (sulfide) groups is 1. The van der Waals surface area contributed by atoms with E-state index in [1.807, 2.05) is 0 Å². The van der Waals surface area contributed by atoms with Crippen LogP contribution in [-0.4, -0.2) is 26.8 Å². The van der Waals surface area contributed by atoms with Crippen LogP contribution >= 0.6 is 11.8 Å². The molecule has 0 aliphatic rings. The minimum atomic E-state index is -0.926. The Morgan fingerprint density at radius 1 is 1.53 bits per heavy atom. The molecule has 2 N–H and O–H groups in total. The minimum absolute atomic E-state index is 0.101. The highest BCUT2D eigenvalue weighted by Crippen LogP contribution is 2.13. The Hall–Kier alpha value is -1.30. The number of aromatic nitrogens is 2. The van der Waals surface area contributed by atoms with Crippen LogP contribution in [-0.2, 0) is 11.2 Å². The van der Waals surface area contributed by atoms with Crippen LogP contribution in [0, 0.1) is 6.92 Å². The molecule has 0 bridgehead atoms. The summed E-state index contributed by atoms with van der Waals surface area (Å²) >= 11 is 1.02. The van der Waals surface area contributed by atoms with Crippen LogP contribution < -0.4 is 5.56 Å². The van der Waals surface area contributed by atoms with Crippen molar-refractivity contribution in [3.63, 3.8) is 0 Å². The van der Waals surface area contributed by atoms with Gasteiger partial charge in [-0.25, -0.2) is 4.98 Å². The van der Waals surface area contributed by atoms with Crippen LogP contribution in [0.15, 0.2) is 9.95 Å². The minimum Gasteiger partial charge on any atom is -0.481 e. The molecule has 6 heteroatoms. The number of aromatic amines is 1. The summed E-state index contributed by atoms with van der Waals surface area (Å²) in [5, 5.41) is 8.91. The van der Waals surface area contributed by atoms with Crippen molar-refractivity contribution in [1.29, 1.82) is 0 Å². The van der Waals surface area contributed by atoms with Gasteiger partial charge in [0.2, 0.25) is 0 Å². The number of aryl methyl sites for hydroxylation is 1. The van der Waals surface area contributed by atoms with Crippen molar-refractivity contribution in [3.8, 4) is 0 Å². The fraction of sp³-hybridized carbons (Fsp3) is 0.545. The topological polar surface area (TPSA) is 83.0 Å². The maximum atomic E-state index is 11.8. The molecule has 0 unspecified atom stereocenters. The molecule has 0 spiro atoms. The van der Waals surface area contributed by atoms with E-state index in [1.54, 1.807) is 6.92 Å². The molecule has 0 aliphatic carbocycles. The van der Waals surface area contributed by atoms with Gasteiger partial charge in [0.05, 0.1) is 5.75 Å². The van der Waals surface area contributed by atoms with Crippen molar-refractivity contribution in [3.05, 3.63) is 21.6 Å². The molecule has 1 aromatic rings. The number of hydrogen-bond acceptors (Lipinski definition) is 4. The number of H-pyrrole nitrogens is 1. The summed E-state index contributed by atoms with van der Waals surface area (Å²) in [5.74, 6) is -1.03. The number of carboxylic acid groups (broad SMARTS) is 1. The van der Waals surface area contributed by atoms with Crippen molar-refractivity contribution in [1.82, 2.24) is 9.97 Å². The van der Waals surface area contributed by atoms with Crippen molar-refractivity contribution in [2.75, 3.05) is 5.75 Å². The molecule has 0 radical (unpaired) electrons. The van der Waals surface area contributed by atoms with Crippen LogP contribution in [0.2, 0.25) is 0 Å². The fourth-order valence-electron chi connectivity index (χ4n) is 1.43. The van der Waals surface area contributed by atoms with Gasteiger partial charge in [-0.2, -0.15) is 0 Å². The predicted molar refractivity (Wildman–Crippen MR) is 66.6 cm³/mol. The molecule has 0 aliphatic heterocycles. The van der Waals surface area contributed by atoms with E-state index in [1.165, 1.54) is 0 Å². The van der Waals surface area contributed by atoms with E-state index in [4.69, 9.17) is 5.11 Å². The first-order valence-corrected chi connectivity index (χ1v) is 6.47. The van der Waals surface area contributed by atoms with Crippen LogP contribution in [0.3, 0.4) is 0 Å². The van der Waals surface area contributed by atoms with Crippen LogP contribution in [0.25, 0.3) is 0 Å². The quantitative estimate of drug-likeness (QED) is 0.596. The Labute approximate surface area is 104 Å². The number of hydrogen-bond donors (Lipinski definition) is 2. The first-order chi connectivity index (χ1) is 8.04. The van der Waals surface area contributed by atoms with E-state index in [-0.39, 0.29) is 11.3 Å². The lowest BCUT2D eigenvalue weighted by Gasteiger charge is -2.05. The van der Waals surface area contributed by atoms with Gasteiger partial charge in [0.15, 0.2) is 5.16 Å².